The van der Waals surface area contributed by atoms with Gasteiger partial charge in [0.25, 0.3) is 5.56 Å². The van der Waals surface area contributed by atoms with Gasteiger partial charge in [0.05, 0.1) is 18.5 Å². The highest BCUT2D eigenvalue weighted by molar-refractivity contribution is 7.98. The Labute approximate surface area is 176 Å². The van der Waals surface area contributed by atoms with E-state index >= 15 is 0 Å². The lowest BCUT2D eigenvalue weighted by Crippen LogP contribution is -2.13. The van der Waals surface area contributed by atoms with Crippen LogP contribution in [-0.2, 0) is 5.75 Å². The van der Waals surface area contributed by atoms with E-state index in [9.17, 15) is 4.79 Å². The van der Waals surface area contributed by atoms with E-state index in [1.807, 2.05) is 38.1 Å². The van der Waals surface area contributed by atoms with Gasteiger partial charge in [0.15, 0.2) is 5.16 Å². The molecular formula is C20H19N7O2S. The summed E-state index contributed by atoms with van der Waals surface area (Å²) in [5, 5.41) is 4.52. The Kier molecular flexibility index (Phi) is 5.57. The number of fused-ring (bicyclic) bond motifs is 1. The fourth-order valence-corrected chi connectivity index (χ4v) is 3.65. The van der Waals surface area contributed by atoms with Crippen molar-refractivity contribution in [2.24, 2.45) is 0 Å². The van der Waals surface area contributed by atoms with Crippen LogP contribution in [0.5, 0.6) is 5.75 Å². The number of thioether (sulfide) groups is 1. The summed E-state index contributed by atoms with van der Waals surface area (Å²) in [5.41, 5.74) is 2.66. The minimum Gasteiger partial charge on any atom is -0.494 e. The number of H-pyrrole nitrogens is 1. The third kappa shape index (κ3) is 4.38. The number of para-hydroxylation sites is 1. The smallest absolute Gasteiger partial charge is 0.252 e. The number of nitrogens with one attached hydrogen (secondary N) is 2. The summed E-state index contributed by atoms with van der Waals surface area (Å²) < 4.78 is 5.40. The summed E-state index contributed by atoms with van der Waals surface area (Å²) in [6.07, 6.45) is 1.70. The molecule has 30 heavy (non-hydrogen) atoms. The summed E-state index contributed by atoms with van der Waals surface area (Å²) in [6, 6.07) is 8.94. The van der Waals surface area contributed by atoms with Gasteiger partial charge in [0.1, 0.15) is 11.3 Å². The Morgan fingerprint density at radius 1 is 1.13 bits per heavy atom. The van der Waals surface area contributed by atoms with Gasteiger partial charge >= 0.3 is 0 Å². The molecule has 0 atom stereocenters. The molecule has 3 heterocycles. The first kappa shape index (κ1) is 19.8. The van der Waals surface area contributed by atoms with Crippen molar-refractivity contribution in [3.05, 3.63) is 64.0 Å². The van der Waals surface area contributed by atoms with Crippen LogP contribution in [0.1, 0.15) is 17.1 Å². The van der Waals surface area contributed by atoms with Crippen molar-refractivity contribution in [2.75, 3.05) is 12.4 Å². The average molecular weight is 421 g/mol. The van der Waals surface area contributed by atoms with E-state index in [2.05, 4.69) is 35.2 Å². The van der Waals surface area contributed by atoms with Crippen molar-refractivity contribution in [1.29, 1.82) is 0 Å². The Balaban J connectivity index is 1.60. The van der Waals surface area contributed by atoms with E-state index in [4.69, 9.17) is 4.74 Å². The molecule has 1 aromatic carbocycles. The zero-order valence-electron chi connectivity index (χ0n) is 16.6. The molecule has 0 saturated heterocycles. The lowest BCUT2D eigenvalue weighted by Gasteiger charge is -2.10. The summed E-state index contributed by atoms with van der Waals surface area (Å²) >= 11 is 1.41. The first-order valence-electron chi connectivity index (χ1n) is 9.13. The Morgan fingerprint density at radius 2 is 2.00 bits per heavy atom. The van der Waals surface area contributed by atoms with Crippen LogP contribution < -0.4 is 15.6 Å². The van der Waals surface area contributed by atoms with Crippen LogP contribution in [0.3, 0.4) is 0 Å². The molecule has 0 saturated carbocycles. The fraction of sp³-hybridized carbons (Fsp3) is 0.200. The second kappa shape index (κ2) is 8.46. The number of ether oxygens (including phenoxy) is 1. The highest BCUT2D eigenvalue weighted by Gasteiger charge is 2.11. The van der Waals surface area contributed by atoms with Gasteiger partial charge in [-0.1, -0.05) is 23.9 Å². The fourth-order valence-electron chi connectivity index (χ4n) is 2.88. The van der Waals surface area contributed by atoms with Gasteiger partial charge in [-0.05, 0) is 26.0 Å². The third-order valence-corrected chi connectivity index (χ3v) is 5.14. The topological polar surface area (TPSA) is 119 Å². The summed E-state index contributed by atoms with van der Waals surface area (Å²) in [4.78, 5) is 36.8. The molecule has 0 aliphatic heterocycles. The third-order valence-electron chi connectivity index (χ3n) is 4.25. The van der Waals surface area contributed by atoms with Crippen molar-refractivity contribution >= 4 is 34.6 Å². The molecular weight excluding hydrogens is 402 g/mol. The van der Waals surface area contributed by atoms with Gasteiger partial charge in [-0.3, -0.25) is 15.1 Å². The second-order valence-electron chi connectivity index (χ2n) is 6.47. The SMILES string of the molecule is COc1cccc2c(C)nc(Nc3nc(CSc4nccc(C)n4)cc(=O)[nH]3)nc12. The number of hydrogen-bond donors (Lipinski definition) is 2. The van der Waals surface area contributed by atoms with Gasteiger partial charge in [0.2, 0.25) is 11.9 Å². The number of aromatic amines is 1. The first-order chi connectivity index (χ1) is 14.5. The zero-order chi connectivity index (χ0) is 21.1. The highest BCUT2D eigenvalue weighted by atomic mass is 32.2. The van der Waals surface area contributed by atoms with Crippen molar-refractivity contribution in [3.8, 4) is 5.75 Å². The molecule has 152 valence electrons. The first-order valence-corrected chi connectivity index (χ1v) is 10.1. The maximum Gasteiger partial charge on any atom is 0.252 e. The number of anilines is 2. The van der Waals surface area contributed by atoms with Crippen LogP contribution in [0.15, 0.2) is 46.5 Å². The van der Waals surface area contributed by atoms with Crippen LogP contribution in [0.25, 0.3) is 10.9 Å². The van der Waals surface area contributed by atoms with E-state index in [0.717, 1.165) is 16.8 Å². The lowest BCUT2D eigenvalue weighted by atomic mass is 10.2. The Hall–Kier alpha value is -3.53. The number of benzene rings is 1. The summed E-state index contributed by atoms with van der Waals surface area (Å²) in [7, 11) is 1.59. The molecule has 0 fully saturated rings. The predicted molar refractivity (Wildman–Crippen MR) is 115 cm³/mol. The number of aryl methyl sites for hydroxylation is 2. The normalized spacial score (nSPS) is 10.9. The monoisotopic (exact) mass is 421 g/mol. The van der Waals surface area contributed by atoms with E-state index in [0.29, 0.717) is 33.8 Å². The highest BCUT2D eigenvalue weighted by Crippen LogP contribution is 2.26. The standard InChI is InChI=1S/C20H19N7O2S/c1-11-7-8-21-20(22-11)30-10-13-9-16(28)25-19(24-13)27-18-23-12(2)14-5-4-6-15(29-3)17(14)26-18/h4-9H,10H2,1-3H3,(H2,23,24,25,26,27,28). The van der Waals surface area contributed by atoms with Crippen LogP contribution in [0, 0.1) is 13.8 Å². The maximum absolute atomic E-state index is 12.1. The van der Waals surface area contributed by atoms with Gasteiger partial charge in [-0.15, -0.1) is 0 Å². The Morgan fingerprint density at radius 3 is 2.80 bits per heavy atom. The molecule has 0 aliphatic carbocycles. The molecule has 3 aromatic heterocycles. The zero-order valence-corrected chi connectivity index (χ0v) is 17.4. The summed E-state index contributed by atoms with van der Waals surface area (Å²) in [5.74, 6) is 1.68. The minimum absolute atomic E-state index is 0.261. The number of methoxy groups -OCH3 is 1. The molecule has 4 rings (SSSR count). The van der Waals surface area contributed by atoms with E-state index in [-0.39, 0.29) is 11.5 Å². The van der Waals surface area contributed by atoms with Gasteiger partial charge < -0.3 is 4.74 Å². The van der Waals surface area contributed by atoms with Gasteiger partial charge in [-0.25, -0.2) is 24.9 Å². The number of hydrogen-bond acceptors (Lipinski definition) is 9. The number of aromatic nitrogens is 6. The van der Waals surface area contributed by atoms with Crippen molar-refractivity contribution < 1.29 is 4.74 Å². The molecule has 10 heteroatoms. The molecule has 0 radical (unpaired) electrons. The molecule has 0 bridgehead atoms. The largest absolute Gasteiger partial charge is 0.494 e. The molecule has 0 unspecified atom stereocenters. The van der Waals surface area contributed by atoms with Crippen molar-refractivity contribution in [3.63, 3.8) is 0 Å². The average Bonchev–Trinajstić information content (AvgIpc) is 2.72. The molecule has 0 spiro atoms. The molecule has 2 N–H and O–H groups in total. The molecule has 4 aromatic rings. The van der Waals surface area contributed by atoms with Crippen molar-refractivity contribution in [1.82, 2.24) is 29.9 Å². The number of rotatable bonds is 6. The Bertz CT molecular complexity index is 1280. The van der Waals surface area contributed by atoms with Crippen LogP contribution in [0.2, 0.25) is 0 Å². The van der Waals surface area contributed by atoms with Crippen molar-refractivity contribution in [2.45, 2.75) is 24.8 Å². The molecule has 9 nitrogen and oxygen atoms in total. The molecule has 0 aliphatic rings. The quantitative estimate of drug-likeness (QED) is 0.357. The minimum atomic E-state index is -0.275. The lowest BCUT2D eigenvalue weighted by molar-refractivity contribution is 0.419. The maximum atomic E-state index is 12.1. The van der Waals surface area contributed by atoms with E-state index < -0.39 is 0 Å². The van der Waals surface area contributed by atoms with E-state index in [1.54, 1.807) is 13.3 Å². The second-order valence-corrected chi connectivity index (χ2v) is 7.41. The van der Waals surface area contributed by atoms with Gasteiger partial charge in [0, 0.05) is 29.1 Å². The van der Waals surface area contributed by atoms with Gasteiger partial charge in [-0.2, -0.15) is 0 Å². The van der Waals surface area contributed by atoms with Crippen LogP contribution >= 0.6 is 11.8 Å². The number of nitrogens with zero attached hydrogens (tertiary/aromatic N) is 5. The summed E-state index contributed by atoms with van der Waals surface area (Å²) in [6.45, 7) is 3.79. The predicted octanol–water partition coefficient (Wildman–Crippen LogP) is 3.16. The van der Waals surface area contributed by atoms with Crippen LogP contribution in [-0.4, -0.2) is 37.0 Å². The molecule has 0 amide bonds. The van der Waals surface area contributed by atoms with Crippen LogP contribution in [0.4, 0.5) is 11.9 Å². The van der Waals surface area contributed by atoms with E-state index in [1.165, 1.54) is 17.8 Å².